The summed E-state index contributed by atoms with van der Waals surface area (Å²) >= 11 is 5.75. The SMILES string of the molecule is Cc1c(=O)[nH]c2cc(Cl)ccc2[n+]1O. The number of aromatic nitrogens is 2. The lowest BCUT2D eigenvalue weighted by Gasteiger charge is -1.96. The van der Waals surface area contributed by atoms with Crippen molar-refractivity contribution < 1.29 is 9.94 Å². The fourth-order valence-electron chi connectivity index (χ4n) is 1.28. The van der Waals surface area contributed by atoms with Crippen LogP contribution in [0.15, 0.2) is 23.0 Å². The Kier molecular flexibility index (Phi) is 1.93. The summed E-state index contributed by atoms with van der Waals surface area (Å²) in [6.07, 6.45) is 0. The van der Waals surface area contributed by atoms with E-state index in [0.717, 1.165) is 4.73 Å². The first-order valence-electron chi connectivity index (χ1n) is 4.03. The molecule has 0 saturated heterocycles. The molecule has 0 saturated carbocycles. The number of aromatic amines is 1. The second kappa shape index (κ2) is 2.99. The van der Waals surface area contributed by atoms with E-state index in [1.807, 2.05) is 0 Å². The van der Waals surface area contributed by atoms with E-state index in [9.17, 15) is 10.0 Å². The third-order valence-electron chi connectivity index (χ3n) is 2.08. The van der Waals surface area contributed by atoms with Gasteiger partial charge in [0, 0.05) is 22.7 Å². The highest BCUT2D eigenvalue weighted by atomic mass is 35.5. The van der Waals surface area contributed by atoms with Crippen molar-refractivity contribution in [2.24, 2.45) is 0 Å². The minimum absolute atomic E-state index is 0.236. The number of rotatable bonds is 0. The number of nitrogens with zero attached hydrogens (tertiary/aromatic N) is 1. The van der Waals surface area contributed by atoms with E-state index in [4.69, 9.17) is 11.6 Å². The number of hydrogen-bond donors (Lipinski definition) is 2. The Morgan fingerprint density at radius 2 is 2.21 bits per heavy atom. The van der Waals surface area contributed by atoms with Crippen LogP contribution in [-0.2, 0) is 0 Å². The molecule has 0 fully saturated rings. The van der Waals surface area contributed by atoms with Crippen LogP contribution < -0.4 is 10.3 Å². The average molecular weight is 212 g/mol. The Hall–Kier alpha value is -1.55. The normalized spacial score (nSPS) is 10.7. The van der Waals surface area contributed by atoms with Crippen LogP contribution in [0, 0.1) is 6.92 Å². The maximum atomic E-state index is 11.3. The maximum absolute atomic E-state index is 11.3. The summed E-state index contributed by atoms with van der Waals surface area (Å²) in [7, 11) is 0. The minimum atomic E-state index is -0.331. The number of H-pyrrole nitrogens is 1. The van der Waals surface area contributed by atoms with Crippen LogP contribution in [0.1, 0.15) is 5.69 Å². The molecule has 0 aliphatic carbocycles. The van der Waals surface area contributed by atoms with Crippen LogP contribution in [0.3, 0.4) is 0 Å². The molecular formula is C9H8ClN2O2+. The maximum Gasteiger partial charge on any atom is 0.320 e. The van der Waals surface area contributed by atoms with E-state index in [1.54, 1.807) is 18.2 Å². The van der Waals surface area contributed by atoms with Crippen molar-refractivity contribution in [3.05, 3.63) is 39.3 Å². The second-order valence-electron chi connectivity index (χ2n) is 3.01. The van der Waals surface area contributed by atoms with Crippen molar-refractivity contribution in [3.63, 3.8) is 0 Å². The predicted molar refractivity (Wildman–Crippen MR) is 51.7 cm³/mol. The van der Waals surface area contributed by atoms with Gasteiger partial charge in [-0.3, -0.25) is 10.0 Å². The first-order valence-corrected chi connectivity index (χ1v) is 4.41. The molecule has 1 aromatic heterocycles. The summed E-state index contributed by atoms with van der Waals surface area (Å²) in [6.45, 7) is 1.53. The van der Waals surface area contributed by atoms with Gasteiger partial charge in [0.2, 0.25) is 0 Å². The van der Waals surface area contributed by atoms with E-state index < -0.39 is 0 Å². The molecule has 0 aliphatic rings. The zero-order valence-electron chi connectivity index (χ0n) is 7.41. The summed E-state index contributed by atoms with van der Waals surface area (Å²) in [4.78, 5) is 13.9. The molecule has 2 N–H and O–H groups in total. The molecule has 2 aromatic rings. The molecule has 5 heteroatoms. The standard InChI is InChI=1S/C9H7ClN2O2/c1-5-9(13)11-7-4-6(10)2-3-8(7)12(5)14/h2-4H,1H3,(H-,11,13,14)/p+1. The zero-order valence-corrected chi connectivity index (χ0v) is 8.17. The summed E-state index contributed by atoms with van der Waals surface area (Å²) in [5.74, 6) is 0. The first-order chi connectivity index (χ1) is 6.59. The Balaban J connectivity index is 2.98. The highest BCUT2D eigenvalue weighted by Crippen LogP contribution is 2.13. The topological polar surface area (TPSA) is 57.0 Å². The van der Waals surface area contributed by atoms with Crippen molar-refractivity contribution in [2.45, 2.75) is 6.92 Å². The van der Waals surface area contributed by atoms with Crippen LogP contribution >= 0.6 is 11.6 Å². The van der Waals surface area contributed by atoms with Crippen LogP contribution in [0.2, 0.25) is 5.02 Å². The highest BCUT2D eigenvalue weighted by molar-refractivity contribution is 6.31. The molecular weight excluding hydrogens is 204 g/mol. The Morgan fingerprint density at radius 1 is 1.50 bits per heavy atom. The second-order valence-corrected chi connectivity index (χ2v) is 3.45. The molecule has 72 valence electrons. The Morgan fingerprint density at radius 3 is 2.93 bits per heavy atom. The van der Waals surface area contributed by atoms with Gasteiger partial charge in [-0.05, 0) is 12.1 Å². The third kappa shape index (κ3) is 1.24. The summed E-state index contributed by atoms with van der Waals surface area (Å²) < 4.78 is 0.852. The van der Waals surface area contributed by atoms with E-state index in [0.29, 0.717) is 16.1 Å². The average Bonchev–Trinajstić information content (AvgIpc) is 2.14. The van der Waals surface area contributed by atoms with Crippen LogP contribution in [-0.4, -0.2) is 10.2 Å². The molecule has 1 heterocycles. The van der Waals surface area contributed by atoms with Gasteiger partial charge in [-0.2, -0.15) is 0 Å². The Labute approximate surface area is 84.3 Å². The highest BCUT2D eigenvalue weighted by Gasteiger charge is 2.15. The van der Waals surface area contributed by atoms with Gasteiger partial charge in [-0.25, -0.2) is 0 Å². The van der Waals surface area contributed by atoms with Crippen LogP contribution in [0.25, 0.3) is 11.0 Å². The lowest BCUT2D eigenvalue weighted by molar-refractivity contribution is -0.889. The molecule has 0 bridgehead atoms. The minimum Gasteiger partial charge on any atom is -0.311 e. The van der Waals surface area contributed by atoms with Crippen molar-refractivity contribution in [1.82, 2.24) is 4.98 Å². The van der Waals surface area contributed by atoms with Gasteiger partial charge in [-0.1, -0.05) is 11.6 Å². The number of nitrogens with one attached hydrogen (secondary N) is 1. The monoisotopic (exact) mass is 211 g/mol. The molecule has 14 heavy (non-hydrogen) atoms. The van der Waals surface area contributed by atoms with E-state index in [-0.39, 0.29) is 11.3 Å². The van der Waals surface area contributed by atoms with Crippen LogP contribution in [0.5, 0.6) is 0 Å². The summed E-state index contributed by atoms with van der Waals surface area (Å²) in [5.41, 5.74) is 0.934. The number of hydrogen-bond acceptors (Lipinski definition) is 2. The number of benzene rings is 1. The van der Waals surface area contributed by atoms with Gasteiger partial charge in [0.1, 0.15) is 5.52 Å². The third-order valence-corrected chi connectivity index (χ3v) is 2.32. The van der Waals surface area contributed by atoms with Gasteiger partial charge >= 0.3 is 5.56 Å². The quantitative estimate of drug-likeness (QED) is 0.505. The molecule has 0 atom stereocenters. The first kappa shape index (κ1) is 9.02. The molecule has 1 aromatic carbocycles. The molecule has 0 aliphatic heterocycles. The zero-order chi connectivity index (χ0) is 10.3. The van der Waals surface area contributed by atoms with Crippen LogP contribution in [0.4, 0.5) is 0 Å². The van der Waals surface area contributed by atoms with E-state index >= 15 is 0 Å². The molecule has 0 amide bonds. The summed E-state index contributed by atoms with van der Waals surface area (Å²) in [6, 6.07) is 4.87. The Bertz CT molecular complexity index is 562. The molecule has 0 radical (unpaired) electrons. The lowest BCUT2D eigenvalue weighted by Crippen LogP contribution is -2.41. The van der Waals surface area contributed by atoms with Gasteiger partial charge < -0.3 is 4.98 Å². The molecule has 0 spiro atoms. The molecule has 4 nitrogen and oxygen atoms in total. The summed E-state index contributed by atoms with van der Waals surface area (Å²) in [5, 5.41) is 10.1. The largest absolute Gasteiger partial charge is 0.320 e. The molecule has 0 unspecified atom stereocenters. The molecule has 2 rings (SSSR count). The fourth-order valence-corrected chi connectivity index (χ4v) is 1.45. The smallest absolute Gasteiger partial charge is 0.311 e. The number of halogens is 1. The number of fused-ring (bicyclic) bond motifs is 1. The van der Waals surface area contributed by atoms with Gasteiger partial charge in [0.15, 0.2) is 0 Å². The lowest BCUT2D eigenvalue weighted by atomic mass is 10.3. The van der Waals surface area contributed by atoms with Crippen molar-refractivity contribution in [2.75, 3.05) is 0 Å². The van der Waals surface area contributed by atoms with E-state index in [2.05, 4.69) is 4.98 Å². The fraction of sp³-hybridized carbons (Fsp3) is 0.111. The van der Waals surface area contributed by atoms with Crippen molar-refractivity contribution in [3.8, 4) is 0 Å². The van der Waals surface area contributed by atoms with Gasteiger partial charge in [0.05, 0.1) is 0 Å². The van der Waals surface area contributed by atoms with Gasteiger partial charge in [-0.15, -0.1) is 0 Å². The van der Waals surface area contributed by atoms with Crippen molar-refractivity contribution >= 4 is 22.6 Å². The van der Waals surface area contributed by atoms with Crippen molar-refractivity contribution in [1.29, 1.82) is 0 Å². The predicted octanol–water partition coefficient (Wildman–Crippen LogP) is 1.01. The van der Waals surface area contributed by atoms with E-state index in [1.165, 1.54) is 6.92 Å². The van der Waals surface area contributed by atoms with Gasteiger partial charge in [0.25, 0.3) is 11.2 Å².